The summed E-state index contributed by atoms with van der Waals surface area (Å²) in [5.74, 6) is -0.885. The molecule has 19 heavy (non-hydrogen) atoms. The van der Waals surface area contributed by atoms with E-state index in [2.05, 4.69) is 0 Å². The first-order valence-corrected chi connectivity index (χ1v) is 6.09. The molecular formula is C13H15F4NO. The zero-order valence-electron chi connectivity index (χ0n) is 10.2. The van der Waals surface area contributed by atoms with Gasteiger partial charge in [-0.3, -0.25) is 0 Å². The summed E-state index contributed by atoms with van der Waals surface area (Å²) in [6.45, 7) is 1.08. The summed E-state index contributed by atoms with van der Waals surface area (Å²) in [6, 6.07) is 1.90. The van der Waals surface area contributed by atoms with E-state index in [-0.39, 0.29) is 11.5 Å². The molecule has 1 atom stereocenters. The van der Waals surface area contributed by atoms with Crippen molar-refractivity contribution >= 4 is 0 Å². The first-order chi connectivity index (χ1) is 8.88. The van der Waals surface area contributed by atoms with Crippen LogP contribution in [0.4, 0.5) is 17.6 Å². The average molecular weight is 277 g/mol. The van der Waals surface area contributed by atoms with Gasteiger partial charge in [-0.25, -0.2) is 4.39 Å². The second-order valence-electron chi connectivity index (χ2n) is 4.75. The van der Waals surface area contributed by atoms with Gasteiger partial charge in [-0.1, -0.05) is 0 Å². The van der Waals surface area contributed by atoms with Crippen LogP contribution < -0.4 is 5.73 Å². The molecule has 1 heterocycles. The first-order valence-electron chi connectivity index (χ1n) is 6.09. The van der Waals surface area contributed by atoms with Gasteiger partial charge < -0.3 is 10.5 Å². The lowest BCUT2D eigenvalue weighted by molar-refractivity contribution is -0.137. The highest BCUT2D eigenvalue weighted by molar-refractivity contribution is 5.29. The second-order valence-corrected chi connectivity index (χ2v) is 4.75. The zero-order valence-corrected chi connectivity index (χ0v) is 10.2. The van der Waals surface area contributed by atoms with Crippen LogP contribution in [0.15, 0.2) is 18.2 Å². The lowest BCUT2D eigenvalue weighted by Gasteiger charge is -2.28. The molecule has 2 N–H and O–H groups in total. The van der Waals surface area contributed by atoms with E-state index in [1.165, 1.54) is 0 Å². The van der Waals surface area contributed by atoms with Crippen molar-refractivity contribution in [3.05, 3.63) is 35.1 Å². The minimum Gasteiger partial charge on any atom is -0.381 e. The van der Waals surface area contributed by atoms with Crippen molar-refractivity contribution < 1.29 is 22.3 Å². The van der Waals surface area contributed by atoms with Gasteiger partial charge in [0.15, 0.2) is 0 Å². The third kappa shape index (κ3) is 3.45. The molecule has 0 radical (unpaired) electrons. The molecule has 0 spiro atoms. The van der Waals surface area contributed by atoms with Gasteiger partial charge in [0.05, 0.1) is 5.56 Å². The molecule has 6 heteroatoms. The number of hydrogen-bond acceptors (Lipinski definition) is 2. The topological polar surface area (TPSA) is 35.2 Å². The van der Waals surface area contributed by atoms with E-state index in [4.69, 9.17) is 10.5 Å². The summed E-state index contributed by atoms with van der Waals surface area (Å²) in [7, 11) is 0. The highest BCUT2D eigenvalue weighted by atomic mass is 19.4. The number of halogens is 4. The predicted molar refractivity (Wildman–Crippen MR) is 61.9 cm³/mol. The highest BCUT2D eigenvalue weighted by Crippen LogP contribution is 2.34. The van der Waals surface area contributed by atoms with Crippen molar-refractivity contribution in [2.75, 3.05) is 13.2 Å². The Labute approximate surface area is 108 Å². The number of alkyl halides is 3. The number of rotatable bonds is 2. The molecule has 1 aromatic rings. The van der Waals surface area contributed by atoms with E-state index in [9.17, 15) is 17.6 Å². The third-order valence-electron chi connectivity index (χ3n) is 3.41. The van der Waals surface area contributed by atoms with Crippen molar-refractivity contribution in [1.29, 1.82) is 0 Å². The molecule has 0 amide bonds. The van der Waals surface area contributed by atoms with Crippen LogP contribution in [0.5, 0.6) is 0 Å². The first kappa shape index (κ1) is 14.3. The Morgan fingerprint density at radius 1 is 1.16 bits per heavy atom. The van der Waals surface area contributed by atoms with Gasteiger partial charge in [0.2, 0.25) is 0 Å². The zero-order chi connectivity index (χ0) is 14.0. The van der Waals surface area contributed by atoms with Crippen molar-refractivity contribution in [2.45, 2.75) is 25.1 Å². The molecule has 1 aliphatic heterocycles. The van der Waals surface area contributed by atoms with Crippen molar-refractivity contribution in [1.82, 2.24) is 0 Å². The van der Waals surface area contributed by atoms with Gasteiger partial charge in [-0.05, 0) is 42.5 Å². The van der Waals surface area contributed by atoms with Crippen LogP contribution in [0, 0.1) is 11.7 Å². The monoisotopic (exact) mass is 277 g/mol. The smallest absolute Gasteiger partial charge is 0.381 e. The molecule has 0 aliphatic carbocycles. The third-order valence-corrected chi connectivity index (χ3v) is 3.41. The molecule has 1 saturated heterocycles. The van der Waals surface area contributed by atoms with Gasteiger partial charge in [-0.15, -0.1) is 0 Å². The lowest BCUT2D eigenvalue weighted by Crippen LogP contribution is -2.27. The van der Waals surface area contributed by atoms with E-state index in [1.54, 1.807) is 0 Å². The molecule has 2 rings (SSSR count). The predicted octanol–water partition coefficient (Wildman–Crippen LogP) is 3.27. The standard InChI is InChI=1S/C13H15F4NO/c14-11-6-9(5-10(7-11)13(15,16)17)12(18)8-1-3-19-4-2-8/h5-8,12H,1-4,18H2/t12-/m1/s1. The normalized spacial score (nSPS) is 19.4. The Morgan fingerprint density at radius 2 is 1.79 bits per heavy atom. The maximum absolute atomic E-state index is 13.3. The summed E-state index contributed by atoms with van der Waals surface area (Å²) in [4.78, 5) is 0. The summed E-state index contributed by atoms with van der Waals surface area (Å²) in [5, 5.41) is 0. The van der Waals surface area contributed by atoms with Gasteiger partial charge in [0.1, 0.15) is 5.82 Å². The van der Waals surface area contributed by atoms with Crippen LogP contribution in [0.3, 0.4) is 0 Å². The Bertz CT molecular complexity index is 441. The second kappa shape index (κ2) is 5.46. The molecule has 0 saturated carbocycles. The van der Waals surface area contributed by atoms with Gasteiger partial charge in [0.25, 0.3) is 0 Å². The van der Waals surface area contributed by atoms with Crippen molar-refractivity contribution in [3.8, 4) is 0 Å². The summed E-state index contributed by atoms with van der Waals surface area (Å²) < 4.78 is 56.4. The molecule has 0 unspecified atom stereocenters. The van der Waals surface area contributed by atoms with E-state index in [1.807, 2.05) is 0 Å². The Hall–Kier alpha value is -1.14. The van der Waals surface area contributed by atoms with Crippen LogP contribution in [0.2, 0.25) is 0 Å². The highest BCUT2D eigenvalue weighted by Gasteiger charge is 2.32. The lowest BCUT2D eigenvalue weighted by atomic mass is 9.87. The Kier molecular flexibility index (Phi) is 4.10. The molecule has 0 bridgehead atoms. The molecule has 2 nitrogen and oxygen atoms in total. The summed E-state index contributed by atoms with van der Waals surface area (Å²) >= 11 is 0. The fraction of sp³-hybridized carbons (Fsp3) is 0.538. The number of ether oxygens (including phenoxy) is 1. The maximum Gasteiger partial charge on any atom is 0.416 e. The van der Waals surface area contributed by atoms with Gasteiger partial charge in [0, 0.05) is 19.3 Å². The Balaban J connectivity index is 2.26. The van der Waals surface area contributed by atoms with Crippen LogP contribution in [0.1, 0.15) is 30.0 Å². The Morgan fingerprint density at radius 3 is 2.37 bits per heavy atom. The number of nitrogens with two attached hydrogens (primary N) is 1. The number of benzene rings is 1. The fourth-order valence-corrected chi connectivity index (χ4v) is 2.32. The maximum atomic E-state index is 13.3. The van der Waals surface area contributed by atoms with E-state index < -0.39 is 23.6 Å². The molecule has 1 aliphatic rings. The van der Waals surface area contributed by atoms with Crippen molar-refractivity contribution in [3.63, 3.8) is 0 Å². The van der Waals surface area contributed by atoms with Crippen molar-refractivity contribution in [2.24, 2.45) is 11.7 Å². The van der Waals surface area contributed by atoms with Crippen LogP contribution >= 0.6 is 0 Å². The minimum absolute atomic E-state index is 0.0247. The molecule has 1 fully saturated rings. The fourth-order valence-electron chi connectivity index (χ4n) is 2.32. The quantitative estimate of drug-likeness (QED) is 0.842. The molecule has 0 aromatic heterocycles. The van der Waals surface area contributed by atoms with Gasteiger partial charge in [-0.2, -0.15) is 13.2 Å². The molecule has 106 valence electrons. The molecular weight excluding hydrogens is 262 g/mol. The minimum atomic E-state index is -4.56. The van der Waals surface area contributed by atoms with E-state index in [0.717, 1.165) is 12.1 Å². The van der Waals surface area contributed by atoms with Crippen LogP contribution in [-0.2, 0) is 10.9 Å². The largest absolute Gasteiger partial charge is 0.416 e. The SMILES string of the molecule is N[C@@H](c1cc(F)cc(C(F)(F)F)c1)C1CCOCC1. The van der Waals surface area contributed by atoms with Crippen LogP contribution in [-0.4, -0.2) is 13.2 Å². The summed E-state index contributed by atoms with van der Waals surface area (Å²) in [5.41, 5.74) is 5.16. The van der Waals surface area contributed by atoms with Crippen LogP contribution in [0.25, 0.3) is 0 Å². The summed E-state index contributed by atoms with van der Waals surface area (Å²) in [6.07, 6.45) is -3.20. The number of hydrogen-bond donors (Lipinski definition) is 1. The average Bonchev–Trinajstić information content (AvgIpc) is 2.37. The molecule has 1 aromatic carbocycles. The van der Waals surface area contributed by atoms with E-state index in [0.29, 0.717) is 32.1 Å². The van der Waals surface area contributed by atoms with E-state index >= 15 is 0 Å². The van der Waals surface area contributed by atoms with Gasteiger partial charge >= 0.3 is 6.18 Å².